The van der Waals surface area contributed by atoms with Crippen molar-refractivity contribution in [3.8, 4) is 17.1 Å². The van der Waals surface area contributed by atoms with Crippen molar-refractivity contribution in [1.82, 2.24) is 14.8 Å². The van der Waals surface area contributed by atoms with Crippen LogP contribution in [0.2, 0.25) is 10.0 Å². The van der Waals surface area contributed by atoms with Gasteiger partial charge in [-0.05, 0) is 62.1 Å². The fourth-order valence-corrected chi connectivity index (χ4v) is 4.55. The molecule has 4 rings (SSSR count). The van der Waals surface area contributed by atoms with Gasteiger partial charge in [0.05, 0.1) is 27.6 Å². The number of anilines is 1. The lowest BCUT2D eigenvalue weighted by Crippen LogP contribution is -2.14. The molecule has 0 aliphatic heterocycles. The van der Waals surface area contributed by atoms with E-state index in [9.17, 15) is 4.79 Å². The molecule has 1 heterocycles. The number of nitrogens with zero attached hydrogens (tertiary/aromatic N) is 3. The van der Waals surface area contributed by atoms with Gasteiger partial charge in [-0.2, -0.15) is 0 Å². The maximum absolute atomic E-state index is 12.3. The molecular formula is C22H22Cl2N4O2S. The fourth-order valence-electron chi connectivity index (χ4n) is 3.49. The van der Waals surface area contributed by atoms with E-state index in [0.717, 1.165) is 30.0 Å². The molecule has 1 aromatic heterocycles. The highest BCUT2D eigenvalue weighted by atomic mass is 35.5. The van der Waals surface area contributed by atoms with Crippen LogP contribution < -0.4 is 10.1 Å². The lowest BCUT2D eigenvalue weighted by molar-refractivity contribution is -0.113. The van der Waals surface area contributed by atoms with Gasteiger partial charge in [0.25, 0.3) is 0 Å². The van der Waals surface area contributed by atoms with E-state index in [-0.39, 0.29) is 11.7 Å². The number of nitrogens with one attached hydrogen (secondary N) is 1. The number of hydrogen-bond donors (Lipinski definition) is 1. The number of aromatic nitrogens is 3. The number of hydrogen-bond acceptors (Lipinski definition) is 5. The number of benzene rings is 2. The SMILES string of the molecule is Cn1c(SCC(=O)Nc2cccc(Cl)c2Cl)nnc1-c1ccc(OC2CCCC2)cc1. The lowest BCUT2D eigenvalue weighted by atomic mass is 10.2. The average molecular weight is 477 g/mol. The molecular weight excluding hydrogens is 455 g/mol. The summed E-state index contributed by atoms with van der Waals surface area (Å²) in [4.78, 5) is 12.3. The topological polar surface area (TPSA) is 69.0 Å². The van der Waals surface area contributed by atoms with Crippen molar-refractivity contribution < 1.29 is 9.53 Å². The van der Waals surface area contributed by atoms with Crippen LogP contribution in [0.4, 0.5) is 5.69 Å². The van der Waals surface area contributed by atoms with Crippen LogP contribution in [-0.4, -0.2) is 32.5 Å². The molecule has 1 aliphatic carbocycles. The quantitative estimate of drug-likeness (QED) is 0.433. The number of rotatable bonds is 7. The van der Waals surface area contributed by atoms with Crippen LogP contribution in [-0.2, 0) is 11.8 Å². The average Bonchev–Trinajstić information content (AvgIpc) is 3.40. The Balaban J connectivity index is 1.36. The number of halogens is 2. The molecule has 1 N–H and O–H groups in total. The largest absolute Gasteiger partial charge is 0.490 e. The van der Waals surface area contributed by atoms with Crippen molar-refractivity contribution in [3.63, 3.8) is 0 Å². The molecule has 1 fully saturated rings. The summed E-state index contributed by atoms with van der Waals surface area (Å²) >= 11 is 13.4. The number of carbonyl (C=O) groups is 1. The highest BCUT2D eigenvalue weighted by Gasteiger charge is 2.17. The molecule has 0 unspecified atom stereocenters. The molecule has 0 atom stereocenters. The molecule has 1 amide bonds. The predicted molar refractivity (Wildman–Crippen MR) is 125 cm³/mol. The van der Waals surface area contributed by atoms with Crippen LogP contribution in [0.5, 0.6) is 5.75 Å². The minimum absolute atomic E-state index is 0.170. The van der Waals surface area contributed by atoms with Crippen molar-refractivity contribution in [2.24, 2.45) is 7.05 Å². The molecule has 3 aromatic rings. The normalized spacial score (nSPS) is 14.0. The Labute approximate surface area is 195 Å². The van der Waals surface area contributed by atoms with E-state index in [0.29, 0.717) is 27.0 Å². The second-order valence-electron chi connectivity index (χ2n) is 7.35. The third-order valence-electron chi connectivity index (χ3n) is 5.11. The predicted octanol–water partition coefficient (Wildman–Crippen LogP) is 5.84. The Morgan fingerprint density at radius 2 is 1.90 bits per heavy atom. The number of thioether (sulfide) groups is 1. The van der Waals surface area contributed by atoms with Crippen molar-refractivity contribution in [2.75, 3.05) is 11.1 Å². The molecule has 162 valence electrons. The second-order valence-corrected chi connectivity index (χ2v) is 9.08. The summed E-state index contributed by atoms with van der Waals surface area (Å²) in [6, 6.07) is 13.0. The van der Waals surface area contributed by atoms with Crippen molar-refractivity contribution in [2.45, 2.75) is 36.9 Å². The zero-order valence-electron chi connectivity index (χ0n) is 17.0. The van der Waals surface area contributed by atoms with Crippen molar-refractivity contribution in [1.29, 1.82) is 0 Å². The van der Waals surface area contributed by atoms with Crippen LogP contribution in [0, 0.1) is 0 Å². The van der Waals surface area contributed by atoms with Gasteiger partial charge in [-0.3, -0.25) is 4.79 Å². The molecule has 0 saturated heterocycles. The zero-order valence-corrected chi connectivity index (χ0v) is 19.3. The van der Waals surface area contributed by atoms with E-state index in [1.807, 2.05) is 35.9 Å². The van der Waals surface area contributed by atoms with Crippen LogP contribution in [0.1, 0.15) is 25.7 Å². The summed E-state index contributed by atoms with van der Waals surface area (Å²) in [6.45, 7) is 0. The van der Waals surface area contributed by atoms with Gasteiger partial charge >= 0.3 is 0 Å². The lowest BCUT2D eigenvalue weighted by Gasteiger charge is -2.13. The van der Waals surface area contributed by atoms with Crippen LogP contribution in [0.15, 0.2) is 47.6 Å². The summed E-state index contributed by atoms with van der Waals surface area (Å²) in [7, 11) is 1.88. The maximum Gasteiger partial charge on any atom is 0.234 e. The van der Waals surface area contributed by atoms with Gasteiger partial charge in [-0.25, -0.2) is 0 Å². The molecule has 1 saturated carbocycles. The van der Waals surface area contributed by atoms with Crippen molar-refractivity contribution >= 4 is 46.6 Å². The first-order valence-corrected chi connectivity index (χ1v) is 11.8. The van der Waals surface area contributed by atoms with Gasteiger partial charge in [0.2, 0.25) is 5.91 Å². The summed E-state index contributed by atoms with van der Waals surface area (Å²) in [6.07, 6.45) is 5.07. The molecule has 1 aliphatic rings. The van der Waals surface area contributed by atoms with Gasteiger partial charge in [-0.15, -0.1) is 10.2 Å². The summed E-state index contributed by atoms with van der Waals surface area (Å²) in [5.74, 6) is 1.58. The standard InChI is InChI=1S/C22H22Cl2N4O2S/c1-28-21(14-9-11-16(12-10-14)30-15-5-2-3-6-15)26-27-22(28)31-13-19(29)25-18-8-4-7-17(23)20(18)24/h4,7-12,15H,2-3,5-6,13H2,1H3,(H,25,29). The van der Waals surface area contributed by atoms with E-state index >= 15 is 0 Å². The molecule has 0 bridgehead atoms. The molecule has 9 heteroatoms. The molecule has 0 spiro atoms. The van der Waals surface area contributed by atoms with Gasteiger partial charge < -0.3 is 14.6 Å². The number of carbonyl (C=O) groups excluding carboxylic acids is 1. The van der Waals surface area contributed by atoms with Crippen LogP contribution in [0.3, 0.4) is 0 Å². The highest BCUT2D eigenvalue weighted by molar-refractivity contribution is 7.99. The Hall–Kier alpha value is -2.22. The monoisotopic (exact) mass is 476 g/mol. The number of amides is 1. The first-order valence-electron chi connectivity index (χ1n) is 10.0. The van der Waals surface area contributed by atoms with E-state index in [1.165, 1.54) is 24.6 Å². The molecule has 2 aromatic carbocycles. The van der Waals surface area contributed by atoms with E-state index < -0.39 is 0 Å². The second kappa shape index (κ2) is 9.94. The van der Waals surface area contributed by atoms with Crippen LogP contribution in [0.25, 0.3) is 11.4 Å². The van der Waals surface area contributed by atoms with Gasteiger partial charge in [0.1, 0.15) is 5.75 Å². The highest BCUT2D eigenvalue weighted by Crippen LogP contribution is 2.30. The molecule has 31 heavy (non-hydrogen) atoms. The minimum atomic E-state index is -0.202. The first-order chi connectivity index (χ1) is 15.0. The van der Waals surface area contributed by atoms with E-state index in [1.54, 1.807) is 18.2 Å². The smallest absolute Gasteiger partial charge is 0.234 e. The van der Waals surface area contributed by atoms with Gasteiger partial charge in [0, 0.05) is 12.6 Å². The van der Waals surface area contributed by atoms with Gasteiger partial charge in [-0.1, -0.05) is 41.0 Å². The molecule has 6 nitrogen and oxygen atoms in total. The first kappa shape index (κ1) is 22.0. The zero-order chi connectivity index (χ0) is 21.8. The Kier molecular flexibility index (Phi) is 7.05. The minimum Gasteiger partial charge on any atom is -0.490 e. The Bertz CT molecular complexity index is 1070. The Morgan fingerprint density at radius 1 is 1.16 bits per heavy atom. The van der Waals surface area contributed by atoms with Crippen molar-refractivity contribution in [3.05, 3.63) is 52.5 Å². The van der Waals surface area contributed by atoms with E-state index in [2.05, 4.69) is 15.5 Å². The van der Waals surface area contributed by atoms with Crippen LogP contribution >= 0.6 is 35.0 Å². The summed E-state index contributed by atoms with van der Waals surface area (Å²) in [5.41, 5.74) is 1.43. The molecule has 0 radical (unpaired) electrons. The fraction of sp³-hybridized carbons (Fsp3) is 0.318. The van der Waals surface area contributed by atoms with E-state index in [4.69, 9.17) is 27.9 Å². The number of ether oxygens (including phenoxy) is 1. The maximum atomic E-state index is 12.3. The summed E-state index contributed by atoms with van der Waals surface area (Å²) < 4.78 is 7.89. The third-order valence-corrected chi connectivity index (χ3v) is 6.95. The summed E-state index contributed by atoms with van der Waals surface area (Å²) in [5, 5.41) is 12.6. The van der Waals surface area contributed by atoms with Gasteiger partial charge in [0.15, 0.2) is 11.0 Å². The third kappa shape index (κ3) is 5.34. The Morgan fingerprint density at radius 3 is 2.65 bits per heavy atom.